The molecule has 2 aliphatic rings. The second kappa shape index (κ2) is 4.88. The summed E-state index contributed by atoms with van der Waals surface area (Å²) >= 11 is 1.52. The van der Waals surface area contributed by atoms with Gasteiger partial charge in [0.15, 0.2) is 4.83 Å². The first-order valence-corrected chi connectivity index (χ1v) is 8.17. The molecule has 4 rings (SSSR count). The van der Waals surface area contributed by atoms with E-state index in [0.29, 0.717) is 6.10 Å². The fourth-order valence-electron chi connectivity index (χ4n) is 2.33. The van der Waals surface area contributed by atoms with Crippen molar-refractivity contribution in [2.75, 3.05) is 6.61 Å². The summed E-state index contributed by atoms with van der Waals surface area (Å²) < 4.78 is 11.6. The Hall–Kier alpha value is -1.36. The van der Waals surface area contributed by atoms with E-state index in [1.807, 2.05) is 6.07 Å². The fourth-order valence-corrected chi connectivity index (χ4v) is 3.25. The van der Waals surface area contributed by atoms with Crippen molar-refractivity contribution in [1.29, 1.82) is 0 Å². The molecule has 0 spiro atoms. The maximum absolute atomic E-state index is 5.83. The largest absolute Gasteiger partial charge is 0.477 e. The Labute approximate surface area is 122 Å². The first-order chi connectivity index (χ1) is 9.78. The molecule has 4 nitrogen and oxygen atoms in total. The van der Waals surface area contributed by atoms with Gasteiger partial charge in [-0.15, -0.1) is 0 Å². The van der Waals surface area contributed by atoms with Gasteiger partial charge in [0.05, 0.1) is 6.61 Å². The molecule has 0 amide bonds. The topological polar surface area (TPSA) is 44.2 Å². The summed E-state index contributed by atoms with van der Waals surface area (Å²) in [5.74, 6) is 1.45. The number of aromatic nitrogens is 2. The molecule has 0 unspecified atom stereocenters. The van der Waals surface area contributed by atoms with Gasteiger partial charge >= 0.3 is 0 Å². The van der Waals surface area contributed by atoms with Crippen molar-refractivity contribution in [3.05, 3.63) is 11.6 Å². The van der Waals surface area contributed by atoms with E-state index in [-0.39, 0.29) is 0 Å². The second-order valence-electron chi connectivity index (χ2n) is 5.84. The zero-order valence-corrected chi connectivity index (χ0v) is 12.4. The summed E-state index contributed by atoms with van der Waals surface area (Å²) in [6.45, 7) is 2.85. The maximum atomic E-state index is 5.83. The Kier molecular flexibility index (Phi) is 3.02. The predicted octanol–water partition coefficient (Wildman–Crippen LogP) is 3.72. The molecule has 0 aromatic carbocycles. The van der Waals surface area contributed by atoms with E-state index in [1.165, 1.54) is 30.6 Å². The Morgan fingerprint density at radius 2 is 2.10 bits per heavy atom. The molecule has 0 saturated heterocycles. The third kappa shape index (κ3) is 2.46. The molecule has 106 valence electrons. The van der Waals surface area contributed by atoms with Crippen LogP contribution in [0.1, 0.15) is 37.7 Å². The Morgan fingerprint density at radius 1 is 1.25 bits per heavy atom. The summed E-state index contributed by atoms with van der Waals surface area (Å²) in [6.07, 6.45) is 6.61. The highest BCUT2D eigenvalue weighted by atomic mass is 32.1. The highest BCUT2D eigenvalue weighted by Gasteiger charge is 2.25. The summed E-state index contributed by atoms with van der Waals surface area (Å²) in [7, 11) is 0. The van der Waals surface area contributed by atoms with Gasteiger partial charge in [-0.1, -0.05) is 17.8 Å². The molecule has 20 heavy (non-hydrogen) atoms. The molecule has 2 fully saturated rings. The van der Waals surface area contributed by atoms with Crippen molar-refractivity contribution in [3.63, 3.8) is 0 Å². The van der Waals surface area contributed by atoms with E-state index in [9.17, 15) is 0 Å². The molecule has 0 bridgehead atoms. The molecule has 0 aliphatic heterocycles. The van der Waals surface area contributed by atoms with E-state index >= 15 is 0 Å². The van der Waals surface area contributed by atoms with Crippen LogP contribution in [-0.2, 0) is 0 Å². The van der Waals surface area contributed by atoms with Crippen molar-refractivity contribution >= 4 is 21.7 Å². The lowest BCUT2D eigenvalue weighted by Crippen LogP contribution is -2.19. The van der Waals surface area contributed by atoms with Crippen LogP contribution in [0.3, 0.4) is 0 Å². The number of pyridine rings is 1. The average Bonchev–Trinajstić information content (AvgIpc) is 3.06. The smallest absolute Gasteiger partial charge is 0.276 e. The van der Waals surface area contributed by atoms with E-state index in [2.05, 4.69) is 16.9 Å². The van der Waals surface area contributed by atoms with E-state index in [1.54, 1.807) is 0 Å². The second-order valence-corrected chi connectivity index (χ2v) is 6.78. The van der Waals surface area contributed by atoms with Crippen LogP contribution in [0.4, 0.5) is 0 Å². The molecule has 5 heteroatoms. The van der Waals surface area contributed by atoms with Gasteiger partial charge in [0.2, 0.25) is 5.88 Å². The number of hydrogen-bond donors (Lipinski definition) is 0. The molecule has 2 aromatic heterocycles. The third-order valence-electron chi connectivity index (χ3n) is 4.00. The highest BCUT2D eigenvalue weighted by molar-refractivity contribution is 7.19. The van der Waals surface area contributed by atoms with Crippen molar-refractivity contribution < 1.29 is 9.47 Å². The van der Waals surface area contributed by atoms with Crippen molar-refractivity contribution in [2.24, 2.45) is 5.92 Å². The van der Waals surface area contributed by atoms with Crippen LogP contribution in [0.2, 0.25) is 0 Å². The van der Waals surface area contributed by atoms with Crippen molar-refractivity contribution in [2.45, 2.75) is 45.1 Å². The van der Waals surface area contributed by atoms with E-state index in [4.69, 9.17) is 9.47 Å². The van der Waals surface area contributed by atoms with Gasteiger partial charge in [0.1, 0.15) is 11.6 Å². The molecule has 2 aliphatic carbocycles. The minimum Gasteiger partial charge on any atom is -0.477 e. The first kappa shape index (κ1) is 12.4. The lowest BCUT2D eigenvalue weighted by atomic mass is 9.86. The van der Waals surface area contributed by atoms with Crippen molar-refractivity contribution in [1.82, 2.24) is 9.97 Å². The van der Waals surface area contributed by atoms with Gasteiger partial charge in [0, 0.05) is 6.07 Å². The van der Waals surface area contributed by atoms with Gasteiger partial charge in [-0.25, -0.2) is 9.97 Å². The van der Waals surface area contributed by atoms with Crippen LogP contribution in [0.5, 0.6) is 11.1 Å². The summed E-state index contributed by atoms with van der Waals surface area (Å²) in [5, 5.41) is 0.745. The molecular formula is C15H18N2O2S. The lowest BCUT2D eigenvalue weighted by Gasteiger charge is -2.24. The Morgan fingerprint density at radius 3 is 2.80 bits per heavy atom. The molecule has 2 heterocycles. The zero-order valence-electron chi connectivity index (χ0n) is 11.6. The number of aryl methyl sites for hydroxylation is 1. The van der Waals surface area contributed by atoms with Gasteiger partial charge in [-0.05, 0) is 44.1 Å². The minimum atomic E-state index is 0.380. The number of nitrogens with zero attached hydrogens (tertiary/aromatic N) is 2. The molecular weight excluding hydrogens is 272 g/mol. The van der Waals surface area contributed by atoms with Gasteiger partial charge in [0.25, 0.3) is 5.19 Å². The molecule has 0 atom stereocenters. The maximum Gasteiger partial charge on any atom is 0.276 e. The van der Waals surface area contributed by atoms with Crippen molar-refractivity contribution in [3.8, 4) is 11.1 Å². The zero-order chi connectivity index (χ0) is 13.5. The summed E-state index contributed by atoms with van der Waals surface area (Å²) in [5.41, 5.74) is 2.06. The number of thiazole rings is 1. The molecule has 0 radical (unpaired) electrons. The number of fused-ring (bicyclic) bond motifs is 1. The van der Waals surface area contributed by atoms with E-state index < -0.39 is 0 Å². The van der Waals surface area contributed by atoms with E-state index in [0.717, 1.165) is 52.4 Å². The van der Waals surface area contributed by atoms with Crippen LogP contribution in [0.25, 0.3) is 10.3 Å². The molecule has 0 N–H and O–H groups in total. The number of rotatable bonds is 5. The molecule has 2 saturated carbocycles. The first-order valence-electron chi connectivity index (χ1n) is 7.35. The summed E-state index contributed by atoms with van der Waals surface area (Å²) in [4.78, 5) is 10.0. The fraction of sp³-hybridized carbons (Fsp3) is 0.600. The van der Waals surface area contributed by atoms with Gasteiger partial charge < -0.3 is 9.47 Å². The normalized spacial score (nSPS) is 19.1. The van der Waals surface area contributed by atoms with Crippen LogP contribution < -0.4 is 9.47 Å². The standard InChI is InChI=1S/C15H18N2O2S/c1-9-7-12(18-8-10-3-2-4-10)16-14-13(9)17-15(20-14)19-11-5-6-11/h7,10-11H,2-6,8H2,1H3. The number of hydrogen-bond acceptors (Lipinski definition) is 5. The third-order valence-corrected chi connectivity index (χ3v) is 4.84. The Bertz CT molecular complexity index is 632. The summed E-state index contributed by atoms with van der Waals surface area (Å²) in [6, 6.07) is 1.99. The monoisotopic (exact) mass is 290 g/mol. The average molecular weight is 290 g/mol. The SMILES string of the molecule is Cc1cc(OCC2CCC2)nc2sc(OC3CC3)nc12. The number of ether oxygens (including phenoxy) is 2. The van der Waals surface area contributed by atoms with Crippen LogP contribution in [0, 0.1) is 12.8 Å². The minimum absolute atomic E-state index is 0.380. The Balaban J connectivity index is 1.55. The predicted molar refractivity (Wildman–Crippen MR) is 78.6 cm³/mol. The highest BCUT2D eigenvalue weighted by Crippen LogP contribution is 2.35. The van der Waals surface area contributed by atoms with Gasteiger partial charge in [-0.3, -0.25) is 0 Å². The molecule has 2 aromatic rings. The lowest BCUT2D eigenvalue weighted by molar-refractivity contribution is 0.176. The quantitative estimate of drug-likeness (QED) is 0.842. The van der Waals surface area contributed by atoms with Crippen LogP contribution in [-0.4, -0.2) is 22.7 Å². The van der Waals surface area contributed by atoms with Crippen LogP contribution >= 0.6 is 11.3 Å². The van der Waals surface area contributed by atoms with Gasteiger partial charge in [-0.2, -0.15) is 0 Å². The van der Waals surface area contributed by atoms with Crippen LogP contribution in [0.15, 0.2) is 6.07 Å².